The van der Waals surface area contributed by atoms with Gasteiger partial charge in [-0.2, -0.15) is 0 Å². The second-order valence-electron chi connectivity index (χ2n) is 7.33. The molecule has 30 heavy (non-hydrogen) atoms. The zero-order valence-electron chi connectivity index (χ0n) is 16.4. The van der Waals surface area contributed by atoms with Gasteiger partial charge in [-0.1, -0.05) is 36.4 Å². The lowest BCUT2D eigenvalue weighted by molar-refractivity contribution is 0.0781. The highest BCUT2D eigenvalue weighted by Gasteiger charge is 2.29. The number of benzene rings is 2. The molecule has 1 amide bonds. The maximum absolute atomic E-state index is 13.2. The van der Waals surface area contributed by atoms with Crippen LogP contribution in [0, 0.1) is 0 Å². The summed E-state index contributed by atoms with van der Waals surface area (Å²) in [6.07, 6.45) is 7.79. The summed E-state index contributed by atoms with van der Waals surface area (Å²) in [6, 6.07) is 20.0. The second-order valence-corrected chi connectivity index (χ2v) is 7.33. The van der Waals surface area contributed by atoms with E-state index in [9.17, 15) is 4.79 Å². The molecule has 5 rings (SSSR count). The molecule has 1 aliphatic heterocycles. The highest BCUT2D eigenvalue weighted by molar-refractivity contribution is 6.04. The average Bonchev–Trinajstić information content (AvgIpc) is 3.15. The van der Waals surface area contributed by atoms with E-state index < -0.39 is 0 Å². The number of rotatable bonds is 5. The first-order valence-corrected chi connectivity index (χ1v) is 9.97. The largest absolute Gasteiger partial charge is 0.334 e. The highest BCUT2D eigenvalue weighted by atomic mass is 16.2. The molecular weight excluding hydrogens is 372 g/mol. The van der Waals surface area contributed by atoms with E-state index in [0.717, 1.165) is 39.8 Å². The van der Waals surface area contributed by atoms with Crippen molar-refractivity contribution in [3.05, 3.63) is 102 Å². The smallest absolute Gasteiger partial charge is 0.255 e. The fraction of sp³-hybridized carbons (Fsp3) is 0.120. The number of pyridine rings is 1. The molecule has 0 bridgehead atoms. The highest BCUT2D eigenvalue weighted by Crippen LogP contribution is 2.32. The Bertz CT molecular complexity index is 1190. The van der Waals surface area contributed by atoms with E-state index in [2.05, 4.69) is 27.1 Å². The lowest BCUT2D eigenvalue weighted by atomic mass is 9.97. The van der Waals surface area contributed by atoms with Crippen LogP contribution < -0.4 is 0 Å². The van der Waals surface area contributed by atoms with E-state index in [4.69, 9.17) is 0 Å². The van der Waals surface area contributed by atoms with Gasteiger partial charge in [0.2, 0.25) is 0 Å². The van der Waals surface area contributed by atoms with Crippen LogP contribution in [-0.4, -0.2) is 32.3 Å². The number of carbonyl (C=O) groups is 1. The quantitative estimate of drug-likeness (QED) is 0.505. The van der Waals surface area contributed by atoms with E-state index >= 15 is 0 Å². The number of hydrogen-bond donors (Lipinski definition) is 0. The van der Waals surface area contributed by atoms with E-state index in [0.29, 0.717) is 18.9 Å². The van der Waals surface area contributed by atoms with Crippen molar-refractivity contribution in [2.24, 2.45) is 0 Å². The van der Waals surface area contributed by atoms with Gasteiger partial charge in [-0.05, 0) is 52.9 Å². The van der Waals surface area contributed by atoms with Crippen molar-refractivity contribution in [2.75, 3.05) is 6.54 Å². The molecule has 146 valence electrons. The van der Waals surface area contributed by atoms with Crippen LogP contribution in [0.3, 0.4) is 0 Å². The standard InChI is InChI=1S/C25H20N4O/c30-25-23-21(6-2-7-22(23)19-8-13-26-14-9-19)17-29(25)15-10-18-4-1-5-20(16-18)24-27-11-3-12-28-24/h1-9,11-14,16H,10,15,17H2. The van der Waals surface area contributed by atoms with Crippen LogP contribution in [0.2, 0.25) is 0 Å². The van der Waals surface area contributed by atoms with Gasteiger partial charge in [-0.15, -0.1) is 0 Å². The summed E-state index contributed by atoms with van der Waals surface area (Å²) in [7, 11) is 0. The summed E-state index contributed by atoms with van der Waals surface area (Å²) in [4.78, 5) is 27.9. The van der Waals surface area contributed by atoms with Crippen molar-refractivity contribution in [3.63, 3.8) is 0 Å². The second kappa shape index (κ2) is 7.87. The lowest BCUT2D eigenvalue weighted by Gasteiger charge is -2.16. The maximum Gasteiger partial charge on any atom is 0.255 e. The number of amides is 1. The molecule has 5 nitrogen and oxygen atoms in total. The van der Waals surface area contributed by atoms with Gasteiger partial charge in [-0.25, -0.2) is 9.97 Å². The molecule has 1 aliphatic rings. The van der Waals surface area contributed by atoms with E-state index in [1.165, 1.54) is 0 Å². The fourth-order valence-corrected chi connectivity index (χ4v) is 3.95. The SMILES string of the molecule is O=C1c2c(cccc2-c2ccncc2)CN1CCc1cccc(-c2ncccn2)c1. The van der Waals surface area contributed by atoms with Gasteiger partial charge in [0.25, 0.3) is 5.91 Å². The summed E-state index contributed by atoms with van der Waals surface area (Å²) in [6.45, 7) is 1.32. The third-order valence-electron chi connectivity index (χ3n) is 5.43. The molecule has 0 unspecified atom stereocenters. The molecule has 3 heterocycles. The van der Waals surface area contributed by atoms with Crippen molar-refractivity contribution in [1.29, 1.82) is 0 Å². The van der Waals surface area contributed by atoms with Crippen molar-refractivity contribution in [3.8, 4) is 22.5 Å². The first kappa shape index (κ1) is 18.2. The molecule has 0 saturated carbocycles. The molecule has 0 saturated heterocycles. The number of aromatic nitrogens is 3. The Morgan fingerprint density at radius 1 is 0.833 bits per heavy atom. The fourth-order valence-electron chi connectivity index (χ4n) is 3.95. The molecule has 2 aromatic heterocycles. The Kier molecular flexibility index (Phi) is 4.77. The number of nitrogens with zero attached hydrogens (tertiary/aromatic N) is 4. The monoisotopic (exact) mass is 392 g/mol. The predicted octanol–water partition coefficient (Wildman–Crippen LogP) is 4.40. The minimum absolute atomic E-state index is 0.0972. The molecule has 0 radical (unpaired) electrons. The first-order chi connectivity index (χ1) is 14.8. The molecule has 0 aliphatic carbocycles. The maximum atomic E-state index is 13.2. The van der Waals surface area contributed by atoms with Crippen LogP contribution in [0.1, 0.15) is 21.5 Å². The van der Waals surface area contributed by atoms with E-state index in [1.54, 1.807) is 24.8 Å². The summed E-state index contributed by atoms with van der Waals surface area (Å²) in [5.74, 6) is 0.811. The van der Waals surface area contributed by atoms with Gasteiger partial charge in [0.05, 0.1) is 5.56 Å². The van der Waals surface area contributed by atoms with E-state index in [1.807, 2.05) is 53.4 Å². The third kappa shape index (κ3) is 3.46. The molecule has 4 aromatic rings. The average molecular weight is 392 g/mol. The van der Waals surface area contributed by atoms with Crippen LogP contribution in [0.5, 0.6) is 0 Å². The Morgan fingerprint density at radius 2 is 1.63 bits per heavy atom. The van der Waals surface area contributed by atoms with Gasteiger partial charge in [0, 0.05) is 43.4 Å². The normalized spacial score (nSPS) is 12.8. The van der Waals surface area contributed by atoms with Gasteiger partial charge in [0.15, 0.2) is 5.82 Å². The Labute approximate surface area is 175 Å². The number of hydrogen-bond acceptors (Lipinski definition) is 4. The predicted molar refractivity (Wildman–Crippen MR) is 116 cm³/mol. The van der Waals surface area contributed by atoms with Crippen LogP contribution in [0.15, 0.2) is 85.5 Å². The topological polar surface area (TPSA) is 59.0 Å². The minimum Gasteiger partial charge on any atom is -0.334 e. The molecule has 0 atom stereocenters. The van der Waals surface area contributed by atoms with Crippen molar-refractivity contribution in [2.45, 2.75) is 13.0 Å². The summed E-state index contributed by atoms with van der Waals surface area (Å²) in [5.41, 5.74) is 6.05. The van der Waals surface area contributed by atoms with Crippen molar-refractivity contribution < 1.29 is 4.79 Å². The molecule has 0 N–H and O–H groups in total. The zero-order valence-corrected chi connectivity index (χ0v) is 16.4. The van der Waals surface area contributed by atoms with Gasteiger partial charge < -0.3 is 4.90 Å². The lowest BCUT2D eigenvalue weighted by Crippen LogP contribution is -2.26. The third-order valence-corrected chi connectivity index (χ3v) is 5.43. The zero-order chi connectivity index (χ0) is 20.3. The van der Waals surface area contributed by atoms with Gasteiger partial charge in [-0.3, -0.25) is 9.78 Å². The number of carbonyl (C=O) groups excluding carboxylic acids is 1. The van der Waals surface area contributed by atoms with Crippen molar-refractivity contribution >= 4 is 5.91 Å². The summed E-state index contributed by atoms with van der Waals surface area (Å²) in [5, 5.41) is 0. The molecule has 5 heteroatoms. The molecule has 2 aromatic carbocycles. The first-order valence-electron chi connectivity index (χ1n) is 9.97. The Morgan fingerprint density at radius 3 is 2.47 bits per heavy atom. The van der Waals surface area contributed by atoms with Crippen LogP contribution in [0.4, 0.5) is 0 Å². The van der Waals surface area contributed by atoms with Gasteiger partial charge in [0.1, 0.15) is 0 Å². The van der Waals surface area contributed by atoms with Gasteiger partial charge >= 0.3 is 0 Å². The Hall–Kier alpha value is -3.86. The molecule has 0 spiro atoms. The Balaban J connectivity index is 1.34. The van der Waals surface area contributed by atoms with Crippen LogP contribution >= 0.6 is 0 Å². The molecule has 0 fully saturated rings. The van der Waals surface area contributed by atoms with E-state index in [-0.39, 0.29) is 5.91 Å². The van der Waals surface area contributed by atoms with Crippen LogP contribution in [0.25, 0.3) is 22.5 Å². The van der Waals surface area contributed by atoms with Crippen molar-refractivity contribution in [1.82, 2.24) is 19.9 Å². The van der Waals surface area contributed by atoms with Crippen LogP contribution in [-0.2, 0) is 13.0 Å². The summed E-state index contributed by atoms with van der Waals surface area (Å²) >= 11 is 0. The minimum atomic E-state index is 0.0972. The summed E-state index contributed by atoms with van der Waals surface area (Å²) < 4.78 is 0. The molecular formula is C25H20N4O. The number of fused-ring (bicyclic) bond motifs is 1.